The molecule has 1 unspecified atom stereocenters. The second kappa shape index (κ2) is 6.74. The quantitative estimate of drug-likeness (QED) is 0.706. The summed E-state index contributed by atoms with van der Waals surface area (Å²) in [6.45, 7) is 1.46. The molecule has 1 aromatic rings. The molecule has 7 nitrogen and oxygen atoms in total. The lowest BCUT2D eigenvalue weighted by molar-refractivity contribution is -0.151. The maximum Gasteiger partial charge on any atom is 0.312 e. The van der Waals surface area contributed by atoms with Crippen LogP contribution in [0.1, 0.15) is 17.1 Å². The zero-order valence-corrected chi connectivity index (χ0v) is 14.1. The summed E-state index contributed by atoms with van der Waals surface area (Å²) in [4.78, 5) is 29.1. The average Bonchev–Trinajstić information content (AvgIpc) is 3.00. The minimum absolute atomic E-state index is 0.0265. The Morgan fingerprint density at radius 3 is 2.77 bits per heavy atom. The lowest BCUT2D eigenvalue weighted by Crippen LogP contribution is -2.40. The molecular formula is C13H18N2O5S2. The van der Waals surface area contributed by atoms with Gasteiger partial charge in [0.1, 0.15) is 0 Å². The van der Waals surface area contributed by atoms with Crippen molar-refractivity contribution in [3.63, 3.8) is 0 Å². The first-order valence-electron chi connectivity index (χ1n) is 6.79. The van der Waals surface area contributed by atoms with Crippen molar-refractivity contribution in [3.05, 3.63) is 16.1 Å². The summed E-state index contributed by atoms with van der Waals surface area (Å²) in [6, 6.07) is -0.336. The Hall–Kier alpha value is -1.48. The van der Waals surface area contributed by atoms with Gasteiger partial charge in [0.15, 0.2) is 16.4 Å². The maximum atomic E-state index is 11.9. The largest absolute Gasteiger partial charge is 0.455 e. The molecule has 1 aromatic heterocycles. The molecule has 9 heteroatoms. The Balaban J connectivity index is 1.78. The van der Waals surface area contributed by atoms with Crippen LogP contribution < -0.4 is 0 Å². The van der Waals surface area contributed by atoms with Crippen molar-refractivity contribution in [2.75, 3.05) is 25.2 Å². The third-order valence-electron chi connectivity index (χ3n) is 3.50. The van der Waals surface area contributed by atoms with E-state index in [1.54, 1.807) is 5.38 Å². The van der Waals surface area contributed by atoms with Gasteiger partial charge in [-0.05, 0) is 13.3 Å². The standard InChI is InChI=1S/C13H18N2O5S2/c1-9-14-10(7-21-9)5-13(17)20-6-12(16)15(2)11-3-4-22(18,19)8-11/h7,11H,3-6,8H2,1-2H3. The van der Waals surface area contributed by atoms with Crippen LogP contribution in [0.2, 0.25) is 0 Å². The Morgan fingerprint density at radius 1 is 1.50 bits per heavy atom. The molecule has 2 rings (SSSR count). The van der Waals surface area contributed by atoms with Crippen molar-refractivity contribution in [1.29, 1.82) is 0 Å². The average molecular weight is 346 g/mol. The molecule has 0 radical (unpaired) electrons. The van der Waals surface area contributed by atoms with E-state index in [0.717, 1.165) is 5.01 Å². The molecule has 1 aliphatic heterocycles. The van der Waals surface area contributed by atoms with Crippen LogP contribution in [0.3, 0.4) is 0 Å². The first-order valence-corrected chi connectivity index (χ1v) is 9.49. The molecule has 0 bridgehead atoms. The van der Waals surface area contributed by atoms with Gasteiger partial charge in [0, 0.05) is 18.5 Å². The normalized spacial score (nSPS) is 19.8. The van der Waals surface area contributed by atoms with Crippen molar-refractivity contribution in [3.8, 4) is 0 Å². The van der Waals surface area contributed by atoms with E-state index in [9.17, 15) is 18.0 Å². The van der Waals surface area contributed by atoms with Crippen LogP contribution >= 0.6 is 11.3 Å². The number of carbonyl (C=O) groups excluding carboxylic acids is 2. The van der Waals surface area contributed by atoms with Crippen molar-refractivity contribution in [1.82, 2.24) is 9.88 Å². The number of ether oxygens (including phenoxy) is 1. The lowest BCUT2D eigenvalue weighted by Gasteiger charge is -2.23. The SMILES string of the molecule is Cc1nc(CC(=O)OCC(=O)N(C)C2CCS(=O)(=O)C2)cs1. The summed E-state index contributed by atoms with van der Waals surface area (Å²) in [5, 5.41) is 2.63. The van der Waals surface area contributed by atoms with Crippen molar-refractivity contribution < 1.29 is 22.7 Å². The van der Waals surface area contributed by atoms with E-state index in [4.69, 9.17) is 4.74 Å². The van der Waals surface area contributed by atoms with Gasteiger partial charge in [-0.2, -0.15) is 0 Å². The molecule has 0 saturated carbocycles. The predicted molar refractivity (Wildman–Crippen MR) is 81.3 cm³/mol. The van der Waals surface area contributed by atoms with Gasteiger partial charge in [-0.1, -0.05) is 0 Å². The van der Waals surface area contributed by atoms with Crippen LogP contribution in [0.25, 0.3) is 0 Å². The first kappa shape index (κ1) is 16.9. The molecule has 1 aliphatic rings. The number of nitrogens with zero attached hydrogens (tertiary/aromatic N) is 2. The molecule has 2 heterocycles. The number of rotatable bonds is 5. The van der Waals surface area contributed by atoms with Gasteiger partial charge in [0.25, 0.3) is 5.91 Å². The summed E-state index contributed by atoms with van der Waals surface area (Å²) < 4.78 is 27.8. The number of likely N-dealkylation sites (N-methyl/N-ethyl adjacent to an activating group) is 1. The van der Waals surface area contributed by atoms with Crippen molar-refractivity contribution >= 4 is 33.1 Å². The van der Waals surface area contributed by atoms with E-state index < -0.39 is 21.7 Å². The van der Waals surface area contributed by atoms with Gasteiger partial charge in [0.2, 0.25) is 0 Å². The van der Waals surface area contributed by atoms with Gasteiger partial charge >= 0.3 is 5.97 Å². The number of esters is 1. The number of aromatic nitrogens is 1. The van der Waals surface area contributed by atoms with E-state index in [1.165, 1.54) is 23.3 Å². The van der Waals surface area contributed by atoms with Crippen LogP contribution in [0, 0.1) is 6.92 Å². The van der Waals surface area contributed by atoms with Crippen molar-refractivity contribution in [2.45, 2.75) is 25.8 Å². The molecule has 1 amide bonds. The summed E-state index contributed by atoms with van der Waals surface area (Å²) in [5.74, 6) is -0.851. The Morgan fingerprint density at radius 2 is 2.23 bits per heavy atom. The molecule has 1 atom stereocenters. The highest BCUT2D eigenvalue weighted by molar-refractivity contribution is 7.91. The molecule has 0 N–H and O–H groups in total. The first-order chi connectivity index (χ1) is 10.3. The van der Waals surface area contributed by atoms with E-state index in [0.29, 0.717) is 12.1 Å². The molecule has 0 aromatic carbocycles. The number of aryl methyl sites for hydroxylation is 1. The highest BCUT2D eigenvalue weighted by Crippen LogP contribution is 2.16. The third kappa shape index (κ3) is 4.51. The number of hydrogen-bond donors (Lipinski definition) is 0. The highest BCUT2D eigenvalue weighted by atomic mass is 32.2. The number of thiazole rings is 1. The second-order valence-corrected chi connectivity index (χ2v) is 8.55. The summed E-state index contributed by atoms with van der Waals surface area (Å²) in [5.41, 5.74) is 0.621. The smallest absolute Gasteiger partial charge is 0.312 e. The minimum Gasteiger partial charge on any atom is -0.455 e. The van der Waals surface area contributed by atoms with Gasteiger partial charge < -0.3 is 9.64 Å². The Kier molecular flexibility index (Phi) is 5.17. The monoisotopic (exact) mass is 346 g/mol. The van der Waals surface area contributed by atoms with Gasteiger partial charge in [0.05, 0.1) is 28.6 Å². The van der Waals surface area contributed by atoms with Gasteiger partial charge in [-0.25, -0.2) is 13.4 Å². The summed E-state index contributed by atoms with van der Waals surface area (Å²) in [6.07, 6.45) is 0.454. The predicted octanol–water partition coefficient (Wildman–Crippen LogP) is 0.183. The fraction of sp³-hybridized carbons (Fsp3) is 0.615. The van der Waals surface area contributed by atoms with Gasteiger partial charge in [-0.15, -0.1) is 11.3 Å². The minimum atomic E-state index is -3.05. The number of amides is 1. The van der Waals surface area contributed by atoms with Crippen LogP contribution in [0.5, 0.6) is 0 Å². The van der Waals surface area contributed by atoms with E-state index in [2.05, 4.69) is 4.98 Å². The molecule has 0 spiro atoms. The fourth-order valence-corrected chi connectivity index (χ4v) is 4.60. The lowest BCUT2D eigenvalue weighted by atomic mass is 10.2. The molecule has 22 heavy (non-hydrogen) atoms. The molecule has 1 saturated heterocycles. The number of hydrogen-bond acceptors (Lipinski definition) is 7. The maximum absolute atomic E-state index is 11.9. The van der Waals surface area contributed by atoms with E-state index >= 15 is 0 Å². The van der Waals surface area contributed by atoms with E-state index in [1.807, 2.05) is 6.92 Å². The molecular weight excluding hydrogens is 328 g/mol. The second-order valence-electron chi connectivity index (χ2n) is 5.26. The van der Waals surface area contributed by atoms with Gasteiger partial charge in [-0.3, -0.25) is 9.59 Å². The molecule has 122 valence electrons. The summed E-state index contributed by atoms with van der Waals surface area (Å²) in [7, 11) is -1.52. The zero-order valence-electron chi connectivity index (χ0n) is 12.4. The Bertz CT molecular complexity index is 668. The summed E-state index contributed by atoms with van der Waals surface area (Å²) >= 11 is 1.44. The van der Waals surface area contributed by atoms with E-state index in [-0.39, 0.29) is 30.6 Å². The van der Waals surface area contributed by atoms with Crippen LogP contribution in [-0.4, -0.2) is 61.4 Å². The van der Waals surface area contributed by atoms with Crippen LogP contribution in [-0.2, 0) is 30.6 Å². The fourth-order valence-electron chi connectivity index (χ4n) is 2.22. The topological polar surface area (TPSA) is 93.6 Å². The van der Waals surface area contributed by atoms with Crippen LogP contribution in [0.4, 0.5) is 0 Å². The number of carbonyl (C=O) groups is 2. The van der Waals surface area contributed by atoms with Crippen LogP contribution in [0.15, 0.2) is 5.38 Å². The number of sulfone groups is 1. The molecule has 0 aliphatic carbocycles. The zero-order chi connectivity index (χ0) is 16.3. The Labute approximate surface area is 133 Å². The van der Waals surface area contributed by atoms with Crippen molar-refractivity contribution in [2.24, 2.45) is 0 Å². The molecule has 1 fully saturated rings. The highest BCUT2D eigenvalue weighted by Gasteiger charge is 2.32. The third-order valence-corrected chi connectivity index (χ3v) is 6.07.